The van der Waals surface area contributed by atoms with Crippen molar-refractivity contribution in [2.24, 2.45) is 7.05 Å². The van der Waals surface area contributed by atoms with E-state index in [1.807, 2.05) is 0 Å². The molecule has 7 nitrogen and oxygen atoms in total. The molecule has 0 aliphatic rings. The second-order valence-electron chi connectivity index (χ2n) is 5.61. The number of rotatable bonds is 4. The van der Waals surface area contributed by atoms with Crippen LogP contribution in [0.1, 0.15) is 10.4 Å². The van der Waals surface area contributed by atoms with Gasteiger partial charge in [-0.1, -0.05) is 12.1 Å². The molecule has 1 aromatic heterocycles. The van der Waals surface area contributed by atoms with Crippen LogP contribution in [0.15, 0.2) is 47.3 Å². The summed E-state index contributed by atoms with van der Waals surface area (Å²) in [7, 11) is 4.30. The first-order valence-corrected chi connectivity index (χ1v) is 7.80. The number of amides is 1. The SMILES string of the molecule is COc1ccc2c(C(=O)Nc3ccccc3OC)c([O-])n(C)c(=O)c2c1. The van der Waals surface area contributed by atoms with Gasteiger partial charge in [0, 0.05) is 12.4 Å². The number of aromatic nitrogens is 1. The van der Waals surface area contributed by atoms with Gasteiger partial charge in [-0.05, 0) is 36.2 Å². The van der Waals surface area contributed by atoms with Gasteiger partial charge in [0.1, 0.15) is 11.5 Å². The van der Waals surface area contributed by atoms with E-state index in [1.54, 1.807) is 30.3 Å². The van der Waals surface area contributed by atoms with E-state index in [9.17, 15) is 14.7 Å². The van der Waals surface area contributed by atoms with Crippen molar-refractivity contribution in [2.75, 3.05) is 19.5 Å². The van der Waals surface area contributed by atoms with E-state index in [0.717, 1.165) is 4.57 Å². The maximum Gasteiger partial charge on any atom is 0.257 e. The molecule has 0 aliphatic carbocycles. The Labute approximate surface area is 149 Å². The van der Waals surface area contributed by atoms with Crippen molar-refractivity contribution in [1.82, 2.24) is 4.57 Å². The minimum Gasteiger partial charge on any atom is -0.859 e. The summed E-state index contributed by atoms with van der Waals surface area (Å²) in [6.45, 7) is 0. The van der Waals surface area contributed by atoms with Gasteiger partial charge in [0.2, 0.25) is 0 Å². The molecule has 0 saturated heterocycles. The van der Waals surface area contributed by atoms with Crippen LogP contribution in [0.3, 0.4) is 0 Å². The maximum absolute atomic E-state index is 12.8. The van der Waals surface area contributed by atoms with Gasteiger partial charge in [0.05, 0.1) is 30.9 Å². The summed E-state index contributed by atoms with van der Waals surface area (Å²) in [5.74, 6) is -0.362. The van der Waals surface area contributed by atoms with Crippen molar-refractivity contribution in [2.45, 2.75) is 0 Å². The molecule has 2 aromatic carbocycles. The lowest BCUT2D eigenvalue weighted by Crippen LogP contribution is -2.26. The quantitative estimate of drug-likeness (QED) is 0.773. The molecule has 0 atom stereocenters. The fraction of sp³-hybridized carbons (Fsp3) is 0.158. The smallest absolute Gasteiger partial charge is 0.257 e. The van der Waals surface area contributed by atoms with Crippen LogP contribution in [0, 0.1) is 0 Å². The Balaban J connectivity index is 2.17. The molecule has 3 aromatic rings. The topological polar surface area (TPSA) is 92.6 Å². The van der Waals surface area contributed by atoms with Crippen LogP contribution < -0.4 is 25.5 Å². The molecule has 26 heavy (non-hydrogen) atoms. The lowest BCUT2D eigenvalue weighted by molar-refractivity contribution is -0.279. The minimum atomic E-state index is -0.667. The summed E-state index contributed by atoms with van der Waals surface area (Å²) in [4.78, 5) is 25.2. The number of anilines is 1. The summed E-state index contributed by atoms with van der Waals surface area (Å²) in [6.07, 6.45) is 0. The van der Waals surface area contributed by atoms with E-state index in [4.69, 9.17) is 9.47 Å². The van der Waals surface area contributed by atoms with Crippen LogP contribution in [0.25, 0.3) is 10.8 Å². The highest BCUT2D eigenvalue weighted by atomic mass is 16.5. The van der Waals surface area contributed by atoms with Crippen LogP contribution in [-0.2, 0) is 7.05 Å². The number of benzene rings is 2. The van der Waals surface area contributed by atoms with Crippen molar-refractivity contribution in [3.8, 4) is 17.4 Å². The first-order chi connectivity index (χ1) is 12.5. The molecule has 0 spiro atoms. The van der Waals surface area contributed by atoms with Crippen LogP contribution >= 0.6 is 0 Å². The molecule has 1 N–H and O–H groups in total. The predicted molar refractivity (Wildman–Crippen MR) is 96.1 cm³/mol. The van der Waals surface area contributed by atoms with E-state index in [1.165, 1.54) is 33.4 Å². The number of pyridine rings is 1. The summed E-state index contributed by atoms with van der Waals surface area (Å²) >= 11 is 0. The molecule has 7 heteroatoms. The highest BCUT2D eigenvalue weighted by molar-refractivity contribution is 6.14. The van der Waals surface area contributed by atoms with E-state index < -0.39 is 17.3 Å². The van der Waals surface area contributed by atoms with Crippen LogP contribution in [-0.4, -0.2) is 24.7 Å². The maximum atomic E-state index is 12.8. The van der Waals surface area contributed by atoms with Gasteiger partial charge in [-0.15, -0.1) is 0 Å². The number of carbonyl (C=O) groups excluding carboxylic acids is 1. The minimum absolute atomic E-state index is 0.115. The summed E-state index contributed by atoms with van der Waals surface area (Å²) in [5, 5.41) is 15.8. The Bertz CT molecular complexity index is 1060. The number of para-hydroxylation sites is 2. The molecule has 0 bridgehead atoms. The van der Waals surface area contributed by atoms with Crippen molar-refractivity contribution >= 4 is 22.4 Å². The van der Waals surface area contributed by atoms with Crippen molar-refractivity contribution < 1.29 is 19.4 Å². The highest BCUT2D eigenvalue weighted by Crippen LogP contribution is 2.28. The van der Waals surface area contributed by atoms with E-state index in [0.29, 0.717) is 17.2 Å². The fourth-order valence-corrected chi connectivity index (χ4v) is 2.75. The number of methoxy groups -OCH3 is 2. The Hall–Kier alpha value is -3.48. The third-order valence-electron chi connectivity index (χ3n) is 4.13. The zero-order valence-corrected chi connectivity index (χ0v) is 14.5. The monoisotopic (exact) mass is 353 g/mol. The Morgan fingerprint density at radius 1 is 1.08 bits per heavy atom. The second-order valence-corrected chi connectivity index (χ2v) is 5.61. The zero-order chi connectivity index (χ0) is 18.8. The Morgan fingerprint density at radius 3 is 2.50 bits per heavy atom. The number of hydrogen-bond acceptors (Lipinski definition) is 5. The number of hydrogen-bond donors (Lipinski definition) is 1. The average molecular weight is 353 g/mol. The van der Waals surface area contributed by atoms with Gasteiger partial charge in [-0.3, -0.25) is 9.59 Å². The van der Waals surface area contributed by atoms with E-state index in [2.05, 4.69) is 5.32 Å². The third kappa shape index (κ3) is 2.83. The standard InChI is InChI=1S/C19H18N2O5/c1-21-18(23)13-10-11(25-2)8-9-12(13)16(19(21)24)17(22)20-14-6-4-5-7-15(14)26-3/h4-10,24H,1-3H3,(H,20,22)/p-1. The second kappa shape index (κ2) is 6.79. The number of nitrogens with zero attached hydrogens (tertiary/aromatic N) is 1. The summed E-state index contributed by atoms with van der Waals surface area (Å²) < 4.78 is 11.3. The molecule has 0 fully saturated rings. The Kier molecular flexibility index (Phi) is 4.53. The van der Waals surface area contributed by atoms with Gasteiger partial charge in [-0.25, -0.2) is 0 Å². The number of fused-ring (bicyclic) bond motifs is 1. The lowest BCUT2D eigenvalue weighted by Gasteiger charge is -2.20. The molecular weight excluding hydrogens is 336 g/mol. The molecular formula is C19H17N2O5-. The van der Waals surface area contributed by atoms with E-state index in [-0.39, 0.29) is 16.3 Å². The predicted octanol–water partition coefficient (Wildman–Crippen LogP) is 1.88. The Morgan fingerprint density at radius 2 is 1.81 bits per heavy atom. The molecule has 0 saturated carbocycles. The summed E-state index contributed by atoms with van der Waals surface area (Å²) in [6, 6.07) is 11.5. The van der Waals surface area contributed by atoms with E-state index >= 15 is 0 Å². The van der Waals surface area contributed by atoms with Gasteiger partial charge in [0.15, 0.2) is 0 Å². The molecule has 0 aliphatic heterocycles. The molecule has 0 unspecified atom stereocenters. The highest BCUT2D eigenvalue weighted by Gasteiger charge is 2.17. The van der Waals surface area contributed by atoms with Gasteiger partial charge >= 0.3 is 0 Å². The third-order valence-corrected chi connectivity index (χ3v) is 4.13. The summed E-state index contributed by atoms with van der Waals surface area (Å²) in [5.41, 5.74) is -0.177. The van der Waals surface area contributed by atoms with Gasteiger partial charge in [-0.2, -0.15) is 0 Å². The zero-order valence-electron chi connectivity index (χ0n) is 14.5. The van der Waals surface area contributed by atoms with Crippen molar-refractivity contribution in [3.63, 3.8) is 0 Å². The number of ether oxygens (including phenoxy) is 2. The average Bonchev–Trinajstić information content (AvgIpc) is 2.66. The van der Waals surface area contributed by atoms with Crippen LogP contribution in [0.5, 0.6) is 17.4 Å². The van der Waals surface area contributed by atoms with Crippen molar-refractivity contribution in [1.29, 1.82) is 0 Å². The molecule has 0 radical (unpaired) electrons. The fourth-order valence-electron chi connectivity index (χ4n) is 2.75. The van der Waals surface area contributed by atoms with Gasteiger partial charge < -0.3 is 24.5 Å². The number of nitrogens with one attached hydrogen (secondary N) is 1. The lowest BCUT2D eigenvalue weighted by atomic mass is 10.1. The van der Waals surface area contributed by atoms with Gasteiger partial charge in [0.25, 0.3) is 11.5 Å². The normalized spacial score (nSPS) is 10.6. The molecule has 3 rings (SSSR count). The molecule has 1 heterocycles. The first-order valence-electron chi connectivity index (χ1n) is 7.80. The molecule has 134 valence electrons. The largest absolute Gasteiger partial charge is 0.859 e. The van der Waals surface area contributed by atoms with Crippen molar-refractivity contribution in [3.05, 3.63) is 58.4 Å². The van der Waals surface area contributed by atoms with Crippen LogP contribution in [0.4, 0.5) is 5.69 Å². The first kappa shape index (κ1) is 17.3. The van der Waals surface area contributed by atoms with Crippen LogP contribution in [0.2, 0.25) is 0 Å². The number of carbonyl (C=O) groups is 1. The molecule has 1 amide bonds.